The van der Waals surface area contributed by atoms with E-state index >= 15 is 0 Å². The van der Waals surface area contributed by atoms with Crippen LogP contribution in [0.3, 0.4) is 0 Å². The molecule has 3 nitrogen and oxygen atoms in total. The Hall–Kier alpha value is -1.09. The minimum atomic E-state index is 0.162. The fourth-order valence-corrected chi connectivity index (χ4v) is 1.58. The van der Waals surface area contributed by atoms with Crippen LogP contribution in [0.1, 0.15) is 25.3 Å². The summed E-state index contributed by atoms with van der Waals surface area (Å²) in [5.41, 5.74) is 1.27. The van der Waals surface area contributed by atoms with Crippen LogP contribution in [0.25, 0.3) is 0 Å². The molecule has 2 heterocycles. The van der Waals surface area contributed by atoms with Crippen LogP contribution >= 0.6 is 0 Å². The van der Waals surface area contributed by atoms with Crippen LogP contribution in [0.2, 0.25) is 0 Å². The van der Waals surface area contributed by atoms with Crippen molar-refractivity contribution in [1.82, 2.24) is 4.98 Å². The highest BCUT2D eigenvalue weighted by Crippen LogP contribution is 2.15. The van der Waals surface area contributed by atoms with Gasteiger partial charge in [0.25, 0.3) is 0 Å². The maximum Gasteiger partial charge on any atom is 0.128 e. The summed E-state index contributed by atoms with van der Waals surface area (Å²) in [6.07, 6.45) is 5.34. The average molecular weight is 192 g/mol. The Labute approximate surface area is 84.5 Å². The van der Waals surface area contributed by atoms with Gasteiger partial charge in [0.2, 0.25) is 0 Å². The summed E-state index contributed by atoms with van der Waals surface area (Å²) in [7, 11) is 0. The second kappa shape index (κ2) is 4.42. The highest BCUT2D eigenvalue weighted by molar-refractivity contribution is 5.36. The maximum atomic E-state index is 5.46. The molecule has 14 heavy (non-hydrogen) atoms. The predicted octanol–water partition coefficient (Wildman–Crippen LogP) is 2.19. The Morgan fingerprint density at radius 2 is 2.50 bits per heavy atom. The highest BCUT2D eigenvalue weighted by atomic mass is 16.5. The van der Waals surface area contributed by atoms with Gasteiger partial charge in [-0.2, -0.15) is 0 Å². The quantitative estimate of drug-likeness (QED) is 0.797. The molecule has 1 aliphatic rings. The van der Waals surface area contributed by atoms with E-state index in [1.807, 2.05) is 12.3 Å². The molecule has 1 N–H and O–H groups in total. The van der Waals surface area contributed by atoms with E-state index in [9.17, 15) is 0 Å². The minimum absolute atomic E-state index is 0.162. The molecule has 0 spiro atoms. The summed E-state index contributed by atoms with van der Waals surface area (Å²) in [4.78, 5) is 4.32. The number of hydrogen-bond acceptors (Lipinski definition) is 3. The first-order chi connectivity index (χ1) is 6.88. The molecule has 0 saturated carbocycles. The minimum Gasteiger partial charge on any atom is -0.359 e. The smallest absolute Gasteiger partial charge is 0.128 e. The average Bonchev–Trinajstić information content (AvgIpc) is 2.72. The van der Waals surface area contributed by atoms with Crippen molar-refractivity contribution in [3.05, 3.63) is 23.9 Å². The first kappa shape index (κ1) is 9.46. The van der Waals surface area contributed by atoms with Gasteiger partial charge in [0, 0.05) is 12.8 Å². The van der Waals surface area contributed by atoms with Gasteiger partial charge in [-0.05, 0) is 30.9 Å². The third-order valence-corrected chi connectivity index (χ3v) is 2.47. The number of pyridine rings is 1. The number of aryl methyl sites for hydroxylation is 1. The number of aromatic nitrogens is 1. The number of hydrogen-bond donors (Lipinski definition) is 1. The van der Waals surface area contributed by atoms with Crippen LogP contribution in [0.15, 0.2) is 18.3 Å². The van der Waals surface area contributed by atoms with Gasteiger partial charge >= 0.3 is 0 Å². The van der Waals surface area contributed by atoms with E-state index in [0.717, 1.165) is 31.7 Å². The molecule has 1 fully saturated rings. The van der Waals surface area contributed by atoms with Gasteiger partial charge in [-0.3, -0.25) is 0 Å². The standard InChI is InChI=1S/C11H16N2O/c1-2-9-5-6-10(12-8-9)13-11-4-3-7-14-11/h5-6,8,11H,2-4,7H2,1H3,(H,12,13). The number of ether oxygens (including phenoxy) is 1. The van der Waals surface area contributed by atoms with Crippen molar-refractivity contribution in [2.45, 2.75) is 32.4 Å². The summed E-state index contributed by atoms with van der Waals surface area (Å²) >= 11 is 0. The lowest BCUT2D eigenvalue weighted by Crippen LogP contribution is -2.17. The van der Waals surface area contributed by atoms with Crippen molar-refractivity contribution >= 4 is 5.82 Å². The molecule has 2 rings (SSSR count). The molecular weight excluding hydrogens is 176 g/mol. The monoisotopic (exact) mass is 192 g/mol. The number of anilines is 1. The van der Waals surface area contributed by atoms with Crippen LogP contribution in [0.5, 0.6) is 0 Å². The zero-order chi connectivity index (χ0) is 9.80. The number of nitrogens with zero attached hydrogens (tertiary/aromatic N) is 1. The molecule has 0 amide bonds. The Bertz CT molecular complexity index is 278. The fourth-order valence-electron chi connectivity index (χ4n) is 1.58. The maximum absolute atomic E-state index is 5.46. The van der Waals surface area contributed by atoms with E-state index in [-0.39, 0.29) is 6.23 Å². The van der Waals surface area contributed by atoms with Crippen molar-refractivity contribution in [3.8, 4) is 0 Å². The van der Waals surface area contributed by atoms with E-state index in [4.69, 9.17) is 4.74 Å². The second-order valence-corrected chi connectivity index (χ2v) is 3.55. The molecule has 1 atom stereocenters. The molecule has 1 aliphatic heterocycles. The number of rotatable bonds is 3. The Morgan fingerprint density at radius 3 is 3.07 bits per heavy atom. The van der Waals surface area contributed by atoms with E-state index in [0.29, 0.717) is 0 Å². The summed E-state index contributed by atoms with van der Waals surface area (Å²) in [6, 6.07) is 4.12. The van der Waals surface area contributed by atoms with Crippen LogP contribution in [-0.2, 0) is 11.2 Å². The Balaban J connectivity index is 1.95. The molecule has 0 aromatic carbocycles. The summed E-state index contributed by atoms with van der Waals surface area (Å²) in [6.45, 7) is 2.99. The first-order valence-corrected chi connectivity index (χ1v) is 5.21. The van der Waals surface area contributed by atoms with E-state index in [1.165, 1.54) is 5.56 Å². The molecule has 3 heteroatoms. The fraction of sp³-hybridized carbons (Fsp3) is 0.545. The Kier molecular flexibility index (Phi) is 2.99. The Morgan fingerprint density at radius 1 is 1.57 bits per heavy atom. The highest BCUT2D eigenvalue weighted by Gasteiger charge is 2.14. The topological polar surface area (TPSA) is 34.1 Å². The summed E-state index contributed by atoms with van der Waals surface area (Å²) in [5.74, 6) is 0.911. The lowest BCUT2D eigenvalue weighted by molar-refractivity contribution is 0.131. The van der Waals surface area contributed by atoms with Crippen molar-refractivity contribution in [2.24, 2.45) is 0 Å². The molecule has 1 aromatic heterocycles. The third-order valence-electron chi connectivity index (χ3n) is 2.47. The second-order valence-electron chi connectivity index (χ2n) is 3.55. The molecule has 0 bridgehead atoms. The SMILES string of the molecule is CCc1ccc(NC2CCCO2)nc1. The summed E-state index contributed by atoms with van der Waals surface area (Å²) < 4.78 is 5.46. The first-order valence-electron chi connectivity index (χ1n) is 5.21. The van der Waals surface area contributed by atoms with E-state index in [2.05, 4.69) is 23.3 Å². The predicted molar refractivity (Wildman–Crippen MR) is 56.2 cm³/mol. The van der Waals surface area contributed by atoms with Crippen molar-refractivity contribution in [1.29, 1.82) is 0 Å². The van der Waals surface area contributed by atoms with Crippen molar-refractivity contribution in [3.63, 3.8) is 0 Å². The van der Waals surface area contributed by atoms with Gasteiger partial charge in [-0.1, -0.05) is 13.0 Å². The van der Waals surface area contributed by atoms with Crippen molar-refractivity contribution in [2.75, 3.05) is 11.9 Å². The molecule has 1 unspecified atom stereocenters. The molecule has 0 radical (unpaired) electrons. The third kappa shape index (κ3) is 2.23. The van der Waals surface area contributed by atoms with Gasteiger partial charge in [0.15, 0.2) is 0 Å². The molecule has 1 saturated heterocycles. The van der Waals surface area contributed by atoms with Crippen LogP contribution < -0.4 is 5.32 Å². The zero-order valence-electron chi connectivity index (χ0n) is 8.49. The van der Waals surface area contributed by atoms with E-state index < -0.39 is 0 Å². The van der Waals surface area contributed by atoms with Gasteiger partial charge in [0.1, 0.15) is 12.0 Å². The van der Waals surface area contributed by atoms with Crippen LogP contribution in [-0.4, -0.2) is 17.8 Å². The normalized spacial score (nSPS) is 21.1. The largest absolute Gasteiger partial charge is 0.359 e. The number of nitrogens with one attached hydrogen (secondary N) is 1. The molecule has 0 aliphatic carbocycles. The molecular formula is C11H16N2O. The van der Waals surface area contributed by atoms with Gasteiger partial charge < -0.3 is 10.1 Å². The van der Waals surface area contributed by atoms with Crippen molar-refractivity contribution < 1.29 is 4.74 Å². The zero-order valence-corrected chi connectivity index (χ0v) is 8.49. The van der Waals surface area contributed by atoms with Crippen LogP contribution in [0.4, 0.5) is 5.82 Å². The lowest BCUT2D eigenvalue weighted by Gasteiger charge is -2.12. The van der Waals surface area contributed by atoms with E-state index in [1.54, 1.807) is 0 Å². The van der Waals surface area contributed by atoms with Gasteiger partial charge in [0.05, 0.1) is 0 Å². The van der Waals surface area contributed by atoms with Crippen LogP contribution in [0, 0.1) is 0 Å². The van der Waals surface area contributed by atoms with Gasteiger partial charge in [-0.15, -0.1) is 0 Å². The van der Waals surface area contributed by atoms with Gasteiger partial charge in [-0.25, -0.2) is 4.98 Å². The molecule has 76 valence electrons. The summed E-state index contributed by atoms with van der Waals surface area (Å²) in [5, 5.41) is 3.26. The molecule has 1 aromatic rings. The lowest BCUT2D eigenvalue weighted by atomic mass is 10.2.